The van der Waals surface area contributed by atoms with Gasteiger partial charge in [-0.15, -0.1) is 0 Å². The third-order valence-electron chi connectivity index (χ3n) is 2.53. The van der Waals surface area contributed by atoms with Crippen LogP contribution in [0.1, 0.15) is 0 Å². The lowest BCUT2D eigenvalue weighted by Gasteiger charge is -2.09. The molecule has 0 saturated heterocycles. The Kier molecular flexibility index (Phi) is 4.10. The molecule has 0 bridgehead atoms. The van der Waals surface area contributed by atoms with Crippen molar-refractivity contribution >= 4 is 33.0 Å². The van der Waals surface area contributed by atoms with Gasteiger partial charge in [-0.2, -0.15) is 0 Å². The average molecular weight is 331 g/mol. The maximum Gasteiger partial charge on any atom is 0.272 e. The van der Waals surface area contributed by atoms with Crippen LogP contribution in [0.2, 0.25) is 5.02 Å². The molecule has 0 aliphatic rings. The Morgan fingerprint density at radius 1 is 1.19 bits per heavy atom. The minimum Gasteiger partial charge on any atom is -0.277 e. The molecule has 0 heterocycles. The van der Waals surface area contributed by atoms with E-state index in [1.165, 1.54) is 18.2 Å². The van der Waals surface area contributed by atoms with Crippen molar-refractivity contribution in [3.8, 4) is 0 Å². The van der Waals surface area contributed by atoms with Crippen molar-refractivity contribution in [2.45, 2.75) is 4.90 Å². The molecule has 0 fully saturated rings. The van der Waals surface area contributed by atoms with Crippen LogP contribution in [0.5, 0.6) is 0 Å². The summed E-state index contributed by atoms with van der Waals surface area (Å²) in [7, 11) is -4.09. The van der Waals surface area contributed by atoms with Crippen molar-refractivity contribution in [3.05, 3.63) is 63.4 Å². The molecule has 0 spiro atoms. The lowest BCUT2D eigenvalue weighted by molar-refractivity contribution is -0.385. The summed E-state index contributed by atoms with van der Waals surface area (Å²) in [5.74, 6) is -1.06. The zero-order valence-corrected chi connectivity index (χ0v) is 11.9. The molecule has 1 N–H and O–H groups in total. The summed E-state index contributed by atoms with van der Waals surface area (Å²) in [6.45, 7) is 0. The number of nitrogens with one attached hydrogen (secondary N) is 1. The van der Waals surface area contributed by atoms with Crippen LogP contribution in [0.15, 0.2) is 47.4 Å². The predicted molar refractivity (Wildman–Crippen MR) is 75.3 cm³/mol. The van der Waals surface area contributed by atoms with Crippen LogP contribution in [0.3, 0.4) is 0 Å². The molecule has 2 rings (SSSR count). The first-order chi connectivity index (χ1) is 9.81. The van der Waals surface area contributed by atoms with E-state index in [0.717, 1.165) is 12.1 Å². The summed E-state index contributed by atoms with van der Waals surface area (Å²) in [5, 5.41) is 10.5. The van der Waals surface area contributed by atoms with Crippen molar-refractivity contribution in [2.75, 3.05) is 4.72 Å². The van der Waals surface area contributed by atoms with Crippen LogP contribution in [0.25, 0.3) is 0 Å². The Morgan fingerprint density at radius 2 is 1.86 bits per heavy atom. The molecule has 0 aromatic heterocycles. The second-order valence-corrected chi connectivity index (χ2v) is 6.02. The predicted octanol–water partition coefficient (Wildman–Crippen LogP) is 3.19. The highest BCUT2D eigenvalue weighted by Gasteiger charge is 2.20. The molecule has 6 nitrogen and oxygen atoms in total. The highest BCUT2D eigenvalue weighted by molar-refractivity contribution is 7.92. The van der Waals surface area contributed by atoms with Gasteiger partial charge in [0.05, 0.1) is 21.7 Å². The van der Waals surface area contributed by atoms with E-state index in [1.54, 1.807) is 6.07 Å². The van der Waals surface area contributed by atoms with Crippen LogP contribution < -0.4 is 4.72 Å². The second kappa shape index (κ2) is 5.66. The molecule has 0 amide bonds. The lowest BCUT2D eigenvalue weighted by Crippen LogP contribution is -2.14. The standard InChI is InChI=1S/C12H8ClFN2O4S/c13-9-3-1-2-4-12(9)21(19,20)15-11-6-5-8(16(17)18)7-10(11)14/h1-7,15H. The fraction of sp³-hybridized carbons (Fsp3) is 0. The van der Waals surface area contributed by atoms with E-state index in [-0.39, 0.29) is 9.92 Å². The first-order valence-corrected chi connectivity index (χ1v) is 7.38. The number of hydrogen-bond acceptors (Lipinski definition) is 4. The minimum absolute atomic E-state index is 0.0210. The number of sulfonamides is 1. The first-order valence-electron chi connectivity index (χ1n) is 5.52. The number of non-ortho nitro benzene ring substituents is 1. The molecular weight excluding hydrogens is 323 g/mol. The van der Waals surface area contributed by atoms with Crippen LogP contribution in [-0.4, -0.2) is 13.3 Å². The van der Waals surface area contributed by atoms with Crippen LogP contribution >= 0.6 is 11.6 Å². The summed E-state index contributed by atoms with van der Waals surface area (Å²) < 4.78 is 39.9. The van der Waals surface area contributed by atoms with Gasteiger partial charge in [0, 0.05) is 6.07 Å². The number of benzene rings is 2. The molecule has 110 valence electrons. The van der Waals surface area contributed by atoms with Gasteiger partial charge in [0.15, 0.2) is 5.82 Å². The zero-order valence-electron chi connectivity index (χ0n) is 10.3. The highest BCUT2D eigenvalue weighted by Crippen LogP contribution is 2.26. The molecule has 0 aliphatic heterocycles. The van der Waals surface area contributed by atoms with Gasteiger partial charge in [-0.1, -0.05) is 23.7 Å². The van der Waals surface area contributed by atoms with Crippen LogP contribution in [0.4, 0.5) is 15.8 Å². The van der Waals surface area contributed by atoms with Crippen molar-refractivity contribution in [1.82, 2.24) is 0 Å². The number of nitro benzene ring substituents is 1. The third kappa shape index (κ3) is 3.29. The third-order valence-corrected chi connectivity index (χ3v) is 4.40. The topological polar surface area (TPSA) is 89.3 Å². The molecule has 2 aromatic rings. The van der Waals surface area contributed by atoms with Crippen molar-refractivity contribution in [2.24, 2.45) is 0 Å². The Hall–Kier alpha value is -2.19. The molecule has 0 unspecified atom stereocenters. The Labute approximate surface area is 124 Å². The summed E-state index contributed by atoms with van der Waals surface area (Å²) in [5.41, 5.74) is -0.881. The van der Waals surface area contributed by atoms with Crippen molar-refractivity contribution < 1.29 is 17.7 Å². The maximum absolute atomic E-state index is 13.7. The number of rotatable bonds is 4. The normalized spacial score (nSPS) is 11.1. The smallest absolute Gasteiger partial charge is 0.272 e. The maximum atomic E-state index is 13.7. The van der Waals surface area contributed by atoms with Crippen molar-refractivity contribution in [1.29, 1.82) is 0 Å². The molecular formula is C12H8ClFN2O4S. The Morgan fingerprint density at radius 3 is 2.43 bits per heavy atom. The van der Waals surface area contributed by atoms with E-state index < -0.39 is 32.1 Å². The molecule has 2 aromatic carbocycles. The highest BCUT2D eigenvalue weighted by atomic mass is 35.5. The van der Waals surface area contributed by atoms with Gasteiger partial charge in [0.2, 0.25) is 0 Å². The quantitative estimate of drug-likeness (QED) is 0.688. The first kappa shape index (κ1) is 15.2. The number of anilines is 1. The van der Waals surface area contributed by atoms with E-state index in [9.17, 15) is 22.9 Å². The van der Waals surface area contributed by atoms with E-state index in [1.807, 2.05) is 4.72 Å². The van der Waals surface area contributed by atoms with Gasteiger partial charge in [0.25, 0.3) is 15.7 Å². The summed E-state index contributed by atoms with van der Waals surface area (Å²) >= 11 is 5.78. The fourth-order valence-corrected chi connectivity index (χ4v) is 3.15. The van der Waals surface area contributed by atoms with Gasteiger partial charge in [0.1, 0.15) is 4.90 Å². The van der Waals surface area contributed by atoms with Gasteiger partial charge in [-0.25, -0.2) is 12.8 Å². The van der Waals surface area contributed by atoms with Crippen molar-refractivity contribution in [3.63, 3.8) is 0 Å². The molecule has 0 aliphatic carbocycles. The minimum atomic E-state index is -4.09. The average Bonchev–Trinajstić information content (AvgIpc) is 2.41. The Balaban J connectivity index is 2.38. The molecule has 0 saturated carbocycles. The molecule has 0 radical (unpaired) electrons. The fourth-order valence-electron chi connectivity index (χ4n) is 1.56. The van der Waals surface area contributed by atoms with E-state index in [2.05, 4.69) is 0 Å². The van der Waals surface area contributed by atoms with E-state index >= 15 is 0 Å². The Bertz CT molecular complexity index is 811. The van der Waals surface area contributed by atoms with Gasteiger partial charge < -0.3 is 0 Å². The number of halogens is 2. The molecule has 9 heteroatoms. The monoisotopic (exact) mass is 330 g/mol. The largest absolute Gasteiger partial charge is 0.277 e. The zero-order chi connectivity index (χ0) is 15.6. The number of hydrogen-bond donors (Lipinski definition) is 1. The summed E-state index contributed by atoms with van der Waals surface area (Å²) in [6, 6.07) is 8.25. The van der Waals surface area contributed by atoms with Gasteiger partial charge in [-0.05, 0) is 18.2 Å². The molecule has 21 heavy (non-hydrogen) atoms. The SMILES string of the molecule is O=[N+]([O-])c1ccc(NS(=O)(=O)c2ccccc2Cl)c(F)c1. The second-order valence-electron chi connectivity index (χ2n) is 3.96. The van der Waals surface area contributed by atoms with Gasteiger partial charge >= 0.3 is 0 Å². The summed E-state index contributed by atoms with van der Waals surface area (Å²) in [4.78, 5) is 9.50. The molecule has 0 atom stereocenters. The van der Waals surface area contributed by atoms with Gasteiger partial charge in [-0.3, -0.25) is 14.8 Å². The van der Waals surface area contributed by atoms with E-state index in [0.29, 0.717) is 6.07 Å². The number of nitrogens with zero attached hydrogens (tertiary/aromatic N) is 1. The lowest BCUT2D eigenvalue weighted by atomic mass is 10.3. The van der Waals surface area contributed by atoms with Crippen LogP contribution in [-0.2, 0) is 10.0 Å². The van der Waals surface area contributed by atoms with Crippen LogP contribution in [0, 0.1) is 15.9 Å². The van der Waals surface area contributed by atoms with E-state index in [4.69, 9.17) is 11.6 Å². The summed E-state index contributed by atoms with van der Waals surface area (Å²) in [6.07, 6.45) is 0. The number of nitro groups is 1.